The summed E-state index contributed by atoms with van der Waals surface area (Å²) in [4.78, 5) is 40.8. The first-order valence-electron chi connectivity index (χ1n) is 8.28. The first-order valence-corrected chi connectivity index (χ1v) is 8.28. The molecule has 0 spiro atoms. The average molecular weight is 330 g/mol. The van der Waals surface area contributed by atoms with Gasteiger partial charge in [0.1, 0.15) is 0 Å². The zero-order valence-electron chi connectivity index (χ0n) is 14.0. The largest absolute Gasteiger partial charge is 0.337 e. The number of aromatic nitrogens is 2. The first-order chi connectivity index (χ1) is 11.5. The molecule has 1 aromatic carbocycles. The molecule has 0 aliphatic carbocycles. The van der Waals surface area contributed by atoms with Crippen molar-refractivity contribution >= 4 is 16.9 Å². The van der Waals surface area contributed by atoms with Crippen LogP contribution < -0.4 is 16.4 Å². The van der Waals surface area contributed by atoms with Gasteiger partial charge < -0.3 is 19.8 Å². The van der Waals surface area contributed by atoms with E-state index in [0.29, 0.717) is 35.7 Å². The molecule has 1 atom stereocenters. The summed E-state index contributed by atoms with van der Waals surface area (Å²) in [6, 6.07) is 5.42. The smallest absolute Gasteiger partial charge is 0.316 e. The molecule has 2 heterocycles. The Kier molecular flexibility index (Phi) is 4.53. The Bertz CT molecular complexity index is 884. The number of hydrogen-bond acceptors (Lipinski definition) is 4. The van der Waals surface area contributed by atoms with Gasteiger partial charge in [-0.05, 0) is 45.0 Å². The van der Waals surface area contributed by atoms with Crippen LogP contribution in [0.5, 0.6) is 0 Å². The van der Waals surface area contributed by atoms with E-state index in [4.69, 9.17) is 0 Å². The normalized spacial score (nSPS) is 18.1. The van der Waals surface area contributed by atoms with Crippen molar-refractivity contribution in [2.24, 2.45) is 0 Å². The van der Waals surface area contributed by atoms with Gasteiger partial charge in [-0.15, -0.1) is 0 Å². The van der Waals surface area contributed by atoms with Crippen molar-refractivity contribution in [1.82, 2.24) is 19.8 Å². The highest BCUT2D eigenvalue weighted by molar-refractivity contribution is 5.97. The summed E-state index contributed by atoms with van der Waals surface area (Å²) in [6.07, 6.45) is 2.03. The third kappa shape index (κ3) is 2.87. The van der Waals surface area contributed by atoms with E-state index in [1.54, 1.807) is 18.2 Å². The van der Waals surface area contributed by atoms with E-state index in [0.717, 1.165) is 19.4 Å². The number of amides is 1. The first kappa shape index (κ1) is 16.4. The molecule has 1 amide bonds. The third-order valence-corrected chi connectivity index (χ3v) is 4.65. The number of fused-ring (bicyclic) bond motifs is 1. The minimum absolute atomic E-state index is 0.0491. The van der Waals surface area contributed by atoms with Gasteiger partial charge in [-0.25, -0.2) is 0 Å². The van der Waals surface area contributed by atoms with Crippen LogP contribution >= 0.6 is 0 Å². The number of aryl methyl sites for hydroxylation is 1. The van der Waals surface area contributed by atoms with E-state index in [1.165, 1.54) is 4.57 Å². The lowest BCUT2D eigenvalue weighted by molar-refractivity contribution is 0.0698. The minimum Gasteiger partial charge on any atom is -0.337 e. The van der Waals surface area contributed by atoms with Gasteiger partial charge in [-0.3, -0.25) is 14.4 Å². The number of H-pyrrole nitrogens is 1. The fraction of sp³-hybridized carbons (Fsp3) is 0.471. The van der Waals surface area contributed by atoms with Gasteiger partial charge in [0, 0.05) is 31.2 Å². The zero-order chi connectivity index (χ0) is 17.3. The van der Waals surface area contributed by atoms with Gasteiger partial charge >= 0.3 is 11.1 Å². The molecule has 0 bridgehead atoms. The second-order valence-corrected chi connectivity index (χ2v) is 6.11. The fourth-order valence-corrected chi connectivity index (χ4v) is 3.31. The summed E-state index contributed by atoms with van der Waals surface area (Å²) in [5.41, 5.74) is 0.426. The summed E-state index contributed by atoms with van der Waals surface area (Å²) in [6.45, 7) is 3.63. The van der Waals surface area contributed by atoms with Gasteiger partial charge in [-0.1, -0.05) is 0 Å². The molecule has 2 N–H and O–H groups in total. The predicted molar refractivity (Wildman–Crippen MR) is 92.5 cm³/mol. The van der Waals surface area contributed by atoms with Crippen LogP contribution in [0.25, 0.3) is 11.0 Å². The number of nitrogens with zero attached hydrogens (tertiary/aromatic N) is 2. The number of carbonyl (C=O) groups is 1. The Morgan fingerprint density at radius 1 is 1.38 bits per heavy atom. The second-order valence-electron chi connectivity index (χ2n) is 6.11. The van der Waals surface area contributed by atoms with Crippen molar-refractivity contribution in [2.45, 2.75) is 32.4 Å². The lowest BCUT2D eigenvalue weighted by atomic mass is 10.0. The van der Waals surface area contributed by atoms with Gasteiger partial charge in [0.15, 0.2) is 0 Å². The third-order valence-electron chi connectivity index (χ3n) is 4.65. The monoisotopic (exact) mass is 330 g/mol. The number of likely N-dealkylation sites (tertiary alicyclic amines) is 1. The van der Waals surface area contributed by atoms with E-state index >= 15 is 0 Å². The van der Waals surface area contributed by atoms with E-state index in [1.807, 2.05) is 18.9 Å². The molecule has 0 radical (unpaired) electrons. The summed E-state index contributed by atoms with van der Waals surface area (Å²) < 4.78 is 1.42. The number of rotatable bonds is 3. The number of hydrogen-bond donors (Lipinski definition) is 2. The Morgan fingerprint density at radius 3 is 2.88 bits per heavy atom. The van der Waals surface area contributed by atoms with Crippen molar-refractivity contribution in [1.29, 1.82) is 0 Å². The standard InChI is InChI=1S/C17H22N4O3/c1-3-21-14-7-6-11(9-13(14)19-15(22)17(21)24)16(23)20-8-4-5-12(10-20)18-2/h6-7,9,12,18H,3-5,8,10H2,1-2H3,(H,19,22). The molecule has 0 saturated carbocycles. The van der Waals surface area contributed by atoms with Crippen LogP contribution in [0.15, 0.2) is 27.8 Å². The van der Waals surface area contributed by atoms with Crippen LogP contribution in [0.2, 0.25) is 0 Å². The molecule has 1 aromatic heterocycles. The fourth-order valence-electron chi connectivity index (χ4n) is 3.31. The topological polar surface area (TPSA) is 87.2 Å². The predicted octanol–water partition coefficient (Wildman–Crippen LogP) is 0.534. The van der Waals surface area contributed by atoms with E-state index in [9.17, 15) is 14.4 Å². The van der Waals surface area contributed by atoms with Crippen LogP contribution in [-0.4, -0.2) is 46.5 Å². The molecule has 2 aromatic rings. The molecule has 24 heavy (non-hydrogen) atoms. The minimum atomic E-state index is -0.665. The quantitative estimate of drug-likeness (QED) is 0.804. The molecule has 1 unspecified atom stereocenters. The maximum Gasteiger partial charge on any atom is 0.316 e. The molecule has 7 nitrogen and oxygen atoms in total. The van der Waals surface area contributed by atoms with Crippen LogP contribution in [-0.2, 0) is 6.54 Å². The number of nitrogens with one attached hydrogen (secondary N) is 2. The summed E-state index contributed by atoms with van der Waals surface area (Å²) >= 11 is 0. The summed E-state index contributed by atoms with van der Waals surface area (Å²) in [5.74, 6) is -0.0491. The van der Waals surface area contributed by atoms with Crippen molar-refractivity contribution in [3.05, 3.63) is 44.5 Å². The molecule has 3 rings (SSSR count). The van der Waals surface area contributed by atoms with Crippen molar-refractivity contribution in [3.63, 3.8) is 0 Å². The molecule has 1 saturated heterocycles. The van der Waals surface area contributed by atoms with Crippen LogP contribution in [0.3, 0.4) is 0 Å². The molecule has 1 fully saturated rings. The second kappa shape index (κ2) is 6.60. The highest BCUT2D eigenvalue weighted by atomic mass is 16.2. The van der Waals surface area contributed by atoms with Crippen LogP contribution in [0.1, 0.15) is 30.1 Å². The van der Waals surface area contributed by atoms with Crippen LogP contribution in [0.4, 0.5) is 0 Å². The number of aromatic amines is 1. The molecule has 7 heteroatoms. The van der Waals surface area contributed by atoms with Gasteiger partial charge in [-0.2, -0.15) is 0 Å². The molecular formula is C17H22N4O3. The maximum absolute atomic E-state index is 12.7. The maximum atomic E-state index is 12.7. The lowest BCUT2D eigenvalue weighted by Gasteiger charge is -2.32. The Labute approximate surface area is 139 Å². The lowest BCUT2D eigenvalue weighted by Crippen LogP contribution is -2.47. The van der Waals surface area contributed by atoms with E-state index < -0.39 is 11.1 Å². The van der Waals surface area contributed by atoms with Crippen LogP contribution in [0, 0.1) is 0 Å². The molecule has 1 aliphatic rings. The average Bonchev–Trinajstić information content (AvgIpc) is 2.62. The Hall–Kier alpha value is -2.41. The number of benzene rings is 1. The van der Waals surface area contributed by atoms with Crippen molar-refractivity contribution in [2.75, 3.05) is 20.1 Å². The summed E-state index contributed by atoms with van der Waals surface area (Å²) in [7, 11) is 1.91. The van der Waals surface area contributed by atoms with E-state index in [-0.39, 0.29) is 5.91 Å². The summed E-state index contributed by atoms with van der Waals surface area (Å²) in [5, 5.41) is 3.22. The molecule has 1 aliphatic heterocycles. The number of piperidine rings is 1. The number of likely N-dealkylation sites (N-methyl/N-ethyl adjacent to an activating group) is 1. The SMILES string of the molecule is CCn1c(=O)c(=O)[nH]c2cc(C(=O)N3CCCC(NC)C3)ccc21. The Morgan fingerprint density at radius 2 is 2.17 bits per heavy atom. The van der Waals surface area contributed by atoms with E-state index in [2.05, 4.69) is 10.3 Å². The van der Waals surface area contributed by atoms with Crippen molar-refractivity contribution < 1.29 is 4.79 Å². The van der Waals surface area contributed by atoms with Gasteiger partial charge in [0.25, 0.3) is 5.91 Å². The highest BCUT2D eigenvalue weighted by Crippen LogP contribution is 2.17. The van der Waals surface area contributed by atoms with Crippen molar-refractivity contribution in [3.8, 4) is 0 Å². The Balaban J connectivity index is 1.99. The molecule has 128 valence electrons. The van der Waals surface area contributed by atoms with Gasteiger partial charge in [0.2, 0.25) is 0 Å². The zero-order valence-corrected chi connectivity index (χ0v) is 14.0. The number of carbonyl (C=O) groups excluding carboxylic acids is 1. The molecular weight excluding hydrogens is 308 g/mol. The highest BCUT2D eigenvalue weighted by Gasteiger charge is 2.23. The van der Waals surface area contributed by atoms with Gasteiger partial charge in [0.05, 0.1) is 11.0 Å².